The van der Waals surface area contributed by atoms with Crippen LogP contribution in [-0.2, 0) is 4.74 Å². The molecule has 0 unspecified atom stereocenters. The summed E-state index contributed by atoms with van der Waals surface area (Å²) in [5.41, 5.74) is 0. The van der Waals surface area contributed by atoms with E-state index < -0.39 is 0 Å². The van der Waals surface area contributed by atoms with Crippen molar-refractivity contribution in [2.24, 2.45) is 5.92 Å². The van der Waals surface area contributed by atoms with Gasteiger partial charge in [0.1, 0.15) is 0 Å². The lowest BCUT2D eigenvalue weighted by Gasteiger charge is -2.27. The summed E-state index contributed by atoms with van der Waals surface area (Å²) in [6, 6.07) is 0. The molecule has 66 valence electrons. The second-order valence-corrected chi connectivity index (χ2v) is 3.58. The Morgan fingerprint density at radius 3 is 2.64 bits per heavy atom. The molecule has 1 fully saturated rings. The number of rotatable bonds is 5. The maximum absolute atomic E-state index is 5.01. The van der Waals surface area contributed by atoms with Gasteiger partial charge in [-0.1, -0.05) is 19.3 Å². The Labute approximate surface area is 69.5 Å². The molecule has 0 aromatic carbocycles. The first-order chi connectivity index (χ1) is 5.33. The number of nitrogens with zero attached hydrogens (tertiary/aromatic N) is 1. The van der Waals surface area contributed by atoms with Crippen LogP contribution in [0.1, 0.15) is 25.7 Å². The number of methoxy groups -OCH3 is 1. The molecule has 0 N–H and O–H groups in total. The summed E-state index contributed by atoms with van der Waals surface area (Å²) >= 11 is 0. The highest BCUT2D eigenvalue weighted by molar-refractivity contribution is 4.70. The van der Waals surface area contributed by atoms with Gasteiger partial charge in [0.15, 0.2) is 0 Å². The van der Waals surface area contributed by atoms with Gasteiger partial charge in [0, 0.05) is 13.7 Å². The van der Waals surface area contributed by atoms with Crippen molar-refractivity contribution in [3.8, 4) is 0 Å². The van der Waals surface area contributed by atoms with Gasteiger partial charge in [0.05, 0.1) is 6.73 Å². The second kappa shape index (κ2) is 4.73. The molecule has 0 bridgehead atoms. The van der Waals surface area contributed by atoms with Crippen molar-refractivity contribution < 1.29 is 4.74 Å². The zero-order chi connectivity index (χ0) is 8.10. The quantitative estimate of drug-likeness (QED) is 0.563. The summed E-state index contributed by atoms with van der Waals surface area (Å²) in [6.45, 7) is 1.96. The maximum Gasteiger partial charge on any atom is 0.0983 e. The highest BCUT2D eigenvalue weighted by Crippen LogP contribution is 2.29. The minimum atomic E-state index is 0.771. The van der Waals surface area contributed by atoms with E-state index in [4.69, 9.17) is 4.74 Å². The van der Waals surface area contributed by atoms with Gasteiger partial charge in [-0.05, 0) is 19.4 Å². The first-order valence-corrected chi connectivity index (χ1v) is 4.50. The Morgan fingerprint density at radius 1 is 1.45 bits per heavy atom. The molecule has 1 saturated carbocycles. The van der Waals surface area contributed by atoms with Gasteiger partial charge in [-0.3, -0.25) is 4.90 Å². The van der Waals surface area contributed by atoms with Crippen LogP contribution in [-0.4, -0.2) is 32.3 Å². The Morgan fingerprint density at radius 2 is 2.18 bits per heavy atom. The highest BCUT2D eigenvalue weighted by atomic mass is 16.5. The SMILES string of the molecule is COCN(C)CCC1CCC1. The standard InChI is InChI=1S/C9H19NO/c1-10(8-11-2)7-6-9-4-3-5-9/h9H,3-8H2,1-2H3. The molecule has 2 heteroatoms. The zero-order valence-electron chi connectivity index (χ0n) is 7.68. The normalized spacial score (nSPS) is 18.8. The van der Waals surface area contributed by atoms with E-state index in [0.29, 0.717) is 0 Å². The molecule has 0 spiro atoms. The molecule has 0 aromatic heterocycles. The van der Waals surface area contributed by atoms with Gasteiger partial charge in [-0.25, -0.2) is 0 Å². The smallest absolute Gasteiger partial charge is 0.0983 e. The zero-order valence-corrected chi connectivity index (χ0v) is 7.68. The number of hydrogen-bond donors (Lipinski definition) is 0. The largest absolute Gasteiger partial charge is 0.369 e. The molecule has 0 atom stereocenters. The Kier molecular flexibility index (Phi) is 3.87. The Hall–Kier alpha value is -0.0800. The fraction of sp³-hybridized carbons (Fsp3) is 1.00. The molecule has 2 nitrogen and oxygen atoms in total. The van der Waals surface area contributed by atoms with Crippen LogP contribution in [0.2, 0.25) is 0 Å². The van der Waals surface area contributed by atoms with E-state index in [2.05, 4.69) is 11.9 Å². The summed E-state index contributed by atoms with van der Waals surface area (Å²) < 4.78 is 5.01. The van der Waals surface area contributed by atoms with E-state index in [1.54, 1.807) is 7.11 Å². The third-order valence-electron chi connectivity index (χ3n) is 2.49. The minimum Gasteiger partial charge on any atom is -0.369 e. The summed E-state index contributed by atoms with van der Waals surface area (Å²) in [7, 11) is 3.86. The molecule has 0 radical (unpaired) electrons. The summed E-state index contributed by atoms with van der Waals surface area (Å²) in [6.07, 6.45) is 5.74. The third kappa shape index (κ3) is 3.21. The average Bonchev–Trinajstić information content (AvgIpc) is 1.85. The van der Waals surface area contributed by atoms with Crippen LogP contribution in [0.15, 0.2) is 0 Å². The molecule has 0 saturated heterocycles. The van der Waals surface area contributed by atoms with E-state index in [0.717, 1.165) is 12.6 Å². The molecule has 0 heterocycles. The van der Waals surface area contributed by atoms with E-state index in [1.807, 2.05) is 0 Å². The minimum absolute atomic E-state index is 0.771. The van der Waals surface area contributed by atoms with Crippen molar-refractivity contribution in [1.82, 2.24) is 4.90 Å². The second-order valence-electron chi connectivity index (χ2n) is 3.58. The van der Waals surface area contributed by atoms with E-state index in [-0.39, 0.29) is 0 Å². The van der Waals surface area contributed by atoms with Crippen LogP contribution < -0.4 is 0 Å². The summed E-state index contributed by atoms with van der Waals surface area (Å²) in [4.78, 5) is 2.23. The lowest BCUT2D eigenvalue weighted by Crippen LogP contribution is -2.25. The van der Waals surface area contributed by atoms with Crippen LogP contribution in [0, 0.1) is 5.92 Å². The molecule has 1 aliphatic rings. The van der Waals surface area contributed by atoms with Crippen molar-refractivity contribution in [3.63, 3.8) is 0 Å². The van der Waals surface area contributed by atoms with Crippen LogP contribution >= 0.6 is 0 Å². The predicted octanol–water partition coefficient (Wildman–Crippen LogP) is 1.71. The van der Waals surface area contributed by atoms with Crippen molar-refractivity contribution >= 4 is 0 Å². The molecule has 0 aromatic rings. The lowest BCUT2D eigenvalue weighted by atomic mass is 9.83. The molecule has 1 rings (SSSR count). The first-order valence-electron chi connectivity index (χ1n) is 4.50. The van der Waals surface area contributed by atoms with Crippen LogP contribution in [0.4, 0.5) is 0 Å². The van der Waals surface area contributed by atoms with Crippen molar-refractivity contribution in [3.05, 3.63) is 0 Å². The molecular weight excluding hydrogens is 138 g/mol. The van der Waals surface area contributed by atoms with Gasteiger partial charge >= 0.3 is 0 Å². The van der Waals surface area contributed by atoms with E-state index >= 15 is 0 Å². The maximum atomic E-state index is 5.01. The molecule has 0 amide bonds. The summed E-state index contributed by atoms with van der Waals surface area (Å²) in [5, 5.41) is 0. The van der Waals surface area contributed by atoms with Crippen molar-refractivity contribution in [1.29, 1.82) is 0 Å². The van der Waals surface area contributed by atoms with E-state index in [9.17, 15) is 0 Å². The van der Waals surface area contributed by atoms with Crippen LogP contribution in [0.5, 0.6) is 0 Å². The van der Waals surface area contributed by atoms with Crippen molar-refractivity contribution in [2.75, 3.05) is 27.4 Å². The Bertz CT molecular complexity index is 102. The molecular formula is C9H19NO. The lowest BCUT2D eigenvalue weighted by molar-refractivity contribution is 0.0744. The fourth-order valence-electron chi connectivity index (χ4n) is 1.47. The third-order valence-corrected chi connectivity index (χ3v) is 2.49. The summed E-state index contributed by atoms with van der Waals surface area (Å²) in [5.74, 6) is 1.02. The van der Waals surface area contributed by atoms with Crippen LogP contribution in [0.25, 0.3) is 0 Å². The molecule has 1 aliphatic carbocycles. The topological polar surface area (TPSA) is 12.5 Å². The first kappa shape index (κ1) is 9.01. The van der Waals surface area contributed by atoms with Crippen LogP contribution in [0.3, 0.4) is 0 Å². The predicted molar refractivity (Wildman–Crippen MR) is 46.5 cm³/mol. The fourth-order valence-corrected chi connectivity index (χ4v) is 1.47. The molecule has 11 heavy (non-hydrogen) atoms. The van der Waals surface area contributed by atoms with Gasteiger partial charge in [0.2, 0.25) is 0 Å². The van der Waals surface area contributed by atoms with E-state index in [1.165, 1.54) is 32.2 Å². The van der Waals surface area contributed by atoms with Gasteiger partial charge in [0.25, 0.3) is 0 Å². The van der Waals surface area contributed by atoms with Gasteiger partial charge in [-0.15, -0.1) is 0 Å². The average molecular weight is 157 g/mol. The molecule has 0 aliphatic heterocycles. The number of ether oxygens (including phenoxy) is 1. The van der Waals surface area contributed by atoms with Gasteiger partial charge in [-0.2, -0.15) is 0 Å². The van der Waals surface area contributed by atoms with Crippen molar-refractivity contribution in [2.45, 2.75) is 25.7 Å². The monoisotopic (exact) mass is 157 g/mol. The highest BCUT2D eigenvalue weighted by Gasteiger charge is 2.16. The van der Waals surface area contributed by atoms with Gasteiger partial charge < -0.3 is 4.74 Å². The Balaban J connectivity index is 1.92. The number of hydrogen-bond acceptors (Lipinski definition) is 2.